The van der Waals surface area contributed by atoms with Gasteiger partial charge in [-0.05, 0) is 37.4 Å². The highest BCUT2D eigenvalue weighted by Crippen LogP contribution is 2.33. The monoisotopic (exact) mass is 560 g/mol. The summed E-state index contributed by atoms with van der Waals surface area (Å²) in [5, 5.41) is 29.6. The normalized spacial score (nSPS) is 10.1. The van der Waals surface area contributed by atoms with Crippen molar-refractivity contribution in [1.29, 1.82) is 0 Å². The molecule has 3 aromatic rings. The number of hydrogen-bond donors (Lipinski definition) is 1. The highest BCUT2D eigenvalue weighted by atomic mass is 79.9. The van der Waals surface area contributed by atoms with Crippen LogP contribution in [-0.4, -0.2) is 15.0 Å². The summed E-state index contributed by atoms with van der Waals surface area (Å²) < 4.78 is 31.9. The molecule has 0 bridgehead atoms. The molecule has 0 unspecified atom stereocenters. The Balaban J connectivity index is 0.000000245. The molecular formula is C19H12Br2F2N2O6. The van der Waals surface area contributed by atoms with Gasteiger partial charge in [0.1, 0.15) is 6.61 Å². The third-order valence-corrected chi connectivity index (χ3v) is 4.83. The van der Waals surface area contributed by atoms with E-state index >= 15 is 0 Å². The van der Waals surface area contributed by atoms with Gasteiger partial charge in [0.05, 0.1) is 30.9 Å². The lowest BCUT2D eigenvalue weighted by Crippen LogP contribution is -1.99. The van der Waals surface area contributed by atoms with E-state index in [2.05, 4.69) is 31.9 Å². The molecule has 0 aliphatic rings. The fraction of sp³-hybridized carbons (Fsp3) is 0.0526. The van der Waals surface area contributed by atoms with Crippen LogP contribution in [0.5, 0.6) is 11.5 Å². The second-order valence-corrected chi connectivity index (χ2v) is 7.49. The standard InChI is InChI=1S/C13H9BrFNO3.C6H3BrFNO3/c14-11-6-10(16(17)18)7-12(15)13(11)19-8-9-4-2-1-3-5-9;7-4-1-3(9(11)12)2-5(8)6(4)10/h1-7H,8H2;1-2,10H. The Bertz CT molecular complexity index is 1070. The molecular weight excluding hydrogens is 550 g/mol. The predicted octanol–water partition coefficient (Wildman–Crippen LogP) is 6.28. The molecule has 0 saturated heterocycles. The molecule has 31 heavy (non-hydrogen) atoms. The Morgan fingerprint density at radius 2 is 1.39 bits per heavy atom. The molecule has 12 heteroatoms. The van der Waals surface area contributed by atoms with Gasteiger partial charge >= 0.3 is 0 Å². The molecule has 0 radical (unpaired) electrons. The van der Waals surface area contributed by atoms with Crippen LogP contribution in [0.15, 0.2) is 63.5 Å². The summed E-state index contributed by atoms with van der Waals surface area (Å²) in [5.74, 6) is -2.44. The number of phenolic OH excluding ortho intramolecular Hbond substituents is 1. The first-order chi connectivity index (χ1) is 14.6. The SMILES string of the molecule is O=[N+]([O-])c1cc(F)c(O)c(Br)c1.O=[N+]([O-])c1cc(F)c(OCc2ccccc2)c(Br)c1. The van der Waals surface area contributed by atoms with Crippen molar-refractivity contribution in [2.45, 2.75) is 6.61 Å². The first-order valence-electron chi connectivity index (χ1n) is 8.22. The molecule has 0 amide bonds. The topological polar surface area (TPSA) is 116 Å². The number of nitrogens with zero attached hydrogens (tertiary/aromatic N) is 2. The van der Waals surface area contributed by atoms with Gasteiger partial charge in [0, 0.05) is 12.1 Å². The van der Waals surface area contributed by atoms with E-state index in [0.29, 0.717) is 6.07 Å². The van der Waals surface area contributed by atoms with Gasteiger partial charge in [0.2, 0.25) is 0 Å². The average molecular weight is 562 g/mol. The van der Waals surface area contributed by atoms with E-state index in [1.165, 1.54) is 6.07 Å². The van der Waals surface area contributed by atoms with Crippen LogP contribution in [0.3, 0.4) is 0 Å². The summed E-state index contributed by atoms with van der Waals surface area (Å²) in [6, 6.07) is 13.0. The molecule has 0 fully saturated rings. The molecule has 3 aromatic carbocycles. The first kappa shape index (κ1) is 24.2. The highest BCUT2D eigenvalue weighted by molar-refractivity contribution is 9.10. The van der Waals surface area contributed by atoms with Crippen molar-refractivity contribution in [1.82, 2.24) is 0 Å². The van der Waals surface area contributed by atoms with Crippen molar-refractivity contribution in [2.75, 3.05) is 0 Å². The molecule has 0 spiro atoms. The molecule has 8 nitrogen and oxygen atoms in total. The van der Waals surface area contributed by atoms with Gasteiger partial charge in [-0.15, -0.1) is 0 Å². The summed E-state index contributed by atoms with van der Waals surface area (Å²) in [6.07, 6.45) is 0. The average Bonchev–Trinajstić information content (AvgIpc) is 2.72. The molecule has 0 aromatic heterocycles. The molecule has 162 valence electrons. The number of halogens is 4. The number of benzene rings is 3. The van der Waals surface area contributed by atoms with Crippen LogP contribution in [0.25, 0.3) is 0 Å². The summed E-state index contributed by atoms with van der Waals surface area (Å²) in [7, 11) is 0. The number of aromatic hydroxyl groups is 1. The van der Waals surface area contributed by atoms with Crippen molar-refractivity contribution >= 4 is 43.2 Å². The van der Waals surface area contributed by atoms with E-state index in [9.17, 15) is 29.0 Å². The Labute approximate surface area is 190 Å². The number of non-ortho nitro benzene ring substituents is 2. The zero-order chi connectivity index (χ0) is 23.1. The number of ether oxygens (including phenoxy) is 1. The summed E-state index contributed by atoms with van der Waals surface area (Å²) in [5.41, 5.74) is 0.153. The largest absolute Gasteiger partial charge is 0.504 e. The van der Waals surface area contributed by atoms with Gasteiger partial charge in [-0.25, -0.2) is 8.78 Å². The van der Waals surface area contributed by atoms with Crippen LogP contribution in [0.1, 0.15) is 5.56 Å². The molecule has 3 rings (SSSR count). The van der Waals surface area contributed by atoms with Gasteiger partial charge < -0.3 is 9.84 Å². The van der Waals surface area contributed by atoms with E-state index in [1.54, 1.807) is 0 Å². The highest BCUT2D eigenvalue weighted by Gasteiger charge is 2.17. The summed E-state index contributed by atoms with van der Waals surface area (Å²) in [6.45, 7) is 0.189. The fourth-order valence-corrected chi connectivity index (χ4v) is 3.14. The molecule has 0 atom stereocenters. The van der Waals surface area contributed by atoms with E-state index in [0.717, 1.165) is 17.7 Å². The van der Waals surface area contributed by atoms with Crippen LogP contribution in [0.2, 0.25) is 0 Å². The first-order valence-corrected chi connectivity index (χ1v) is 9.81. The van der Waals surface area contributed by atoms with Crippen LogP contribution < -0.4 is 4.74 Å². The maximum absolute atomic E-state index is 13.7. The Morgan fingerprint density at radius 1 is 0.871 bits per heavy atom. The van der Waals surface area contributed by atoms with Crippen molar-refractivity contribution in [2.24, 2.45) is 0 Å². The number of rotatable bonds is 5. The quantitative estimate of drug-likeness (QED) is 0.289. The van der Waals surface area contributed by atoms with Gasteiger partial charge in [-0.2, -0.15) is 0 Å². The maximum Gasteiger partial charge on any atom is 0.273 e. The van der Waals surface area contributed by atoms with E-state index in [4.69, 9.17) is 9.84 Å². The number of nitro benzene ring substituents is 2. The molecule has 0 heterocycles. The van der Waals surface area contributed by atoms with Crippen LogP contribution in [-0.2, 0) is 6.61 Å². The summed E-state index contributed by atoms with van der Waals surface area (Å²) in [4.78, 5) is 19.3. The minimum Gasteiger partial charge on any atom is -0.504 e. The van der Waals surface area contributed by atoms with Gasteiger partial charge in [-0.1, -0.05) is 30.3 Å². The van der Waals surface area contributed by atoms with E-state index < -0.39 is 32.9 Å². The van der Waals surface area contributed by atoms with Gasteiger partial charge in [-0.3, -0.25) is 20.2 Å². The lowest BCUT2D eigenvalue weighted by molar-refractivity contribution is -0.385. The predicted molar refractivity (Wildman–Crippen MR) is 114 cm³/mol. The second-order valence-electron chi connectivity index (χ2n) is 5.79. The Hall–Kier alpha value is -3.12. The third kappa shape index (κ3) is 6.69. The zero-order valence-electron chi connectivity index (χ0n) is 15.3. The number of hydrogen-bond acceptors (Lipinski definition) is 6. The van der Waals surface area contributed by atoms with Gasteiger partial charge in [0.15, 0.2) is 23.1 Å². The van der Waals surface area contributed by atoms with Crippen LogP contribution in [0, 0.1) is 31.9 Å². The van der Waals surface area contributed by atoms with Crippen molar-refractivity contribution in [3.05, 3.63) is 101 Å². The third-order valence-electron chi connectivity index (χ3n) is 3.63. The van der Waals surface area contributed by atoms with Crippen molar-refractivity contribution in [3.8, 4) is 11.5 Å². The molecule has 0 aliphatic carbocycles. The van der Waals surface area contributed by atoms with Crippen molar-refractivity contribution in [3.63, 3.8) is 0 Å². The maximum atomic E-state index is 13.7. The smallest absolute Gasteiger partial charge is 0.273 e. The summed E-state index contributed by atoms with van der Waals surface area (Å²) >= 11 is 5.84. The molecule has 0 aliphatic heterocycles. The van der Waals surface area contributed by atoms with Crippen molar-refractivity contribution < 1.29 is 28.5 Å². The van der Waals surface area contributed by atoms with E-state index in [1.807, 2.05) is 30.3 Å². The lowest BCUT2D eigenvalue weighted by atomic mass is 10.2. The zero-order valence-corrected chi connectivity index (χ0v) is 18.5. The lowest BCUT2D eigenvalue weighted by Gasteiger charge is -2.09. The second kappa shape index (κ2) is 10.8. The Morgan fingerprint density at radius 3 is 1.87 bits per heavy atom. The minimum atomic E-state index is -1.02. The fourth-order valence-electron chi connectivity index (χ4n) is 2.18. The van der Waals surface area contributed by atoms with E-state index in [-0.39, 0.29) is 27.0 Å². The van der Waals surface area contributed by atoms with Crippen LogP contribution >= 0.6 is 31.9 Å². The van der Waals surface area contributed by atoms with Crippen LogP contribution in [0.4, 0.5) is 20.2 Å². The molecule has 0 saturated carbocycles. The Kier molecular flexibility index (Phi) is 8.39. The van der Waals surface area contributed by atoms with Gasteiger partial charge in [0.25, 0.3) is 11.4 Å². The minimum absolute atomic E-state index is 0.0329. The molecule has 1 N–H and O–H groups in total. The number of nitro groups is 2. The number of phenols is 1.